The average Bonchev–Trinajstić information content (AvgIpc) is 3.13. The van der Waals surface area contributed by atoms with E-state index >= 15 is 0 Å². The van der Waals surface area contributed by atoms with Crippen molar-refractivity contribution < 1.29 is 24.2 Å². The molecule has 1 fully saturated rings. The van der Waals surface area contributed by atoms with Crippen LogP contribution in [0.4, 0.5) is 4.79 Å². The van der Waals surface area contributed by atoms with Crippen LogP contribution in [0.2, 0.25) is 0 Å². The first-order valence-electron chi connectivity index (χ1n) is 11.5. The van der Waals surface area contributed by atoms with E-state index in [1.807, 2.05) is 36.4 Å². The lowest BCUT2D eigenvalue weighted by Crippen LogP contribution is -2.56. The SMILES string of the molecule is CC(NC(=O)OCC1c2ccccc2-c2ccccc21)C(=O)NC1CCCCC1(C)C(=O)O. The van der Waals surface area contributed by atoms with Crippen LogP contribution in [-0.4, -0.2) is 41.8 Å². The normalized spacial score (nSPS) is 22.5. The molecular formula is C26H30N2O5. The van der Waals surface area contributed by atoms with Gasteiger partial charge in [0, 0.05) is 12.0 Å². The number of rotatable bonds is 6. The summed E-state index contributed by atoms with van der Waals surface area (Å²) in [6.07, 6.45) is 2.13. The summed E-state index contributed by atoms with van der Waals surface area (Å²) in [5.41, 5.74) is 3.51. The molecule has 7 heteroatoms. The Bertz CT molecular complexity index is 1020. The van der Waals surface area contributed by atoms with Gasteiger partial charge in [0.25, 0.3) is 0 Å². The molecule has 2 aromatic rings. The summed E-state index contributed by atoms with van der Waals surface area (Å²) in [6.45, 7) is 3.40. The molecule has 3 atom stereocenters. The van der Waals surface area contributed by atoms with E-state index < -0.39 is 35.5 Å². The zero-order valence-corrected chi connectivity index (χ0v) is 19.0. The minimum absolute atomic E-state index is 0.0641. The molecule has 0 radical (unpaired) electrons. The van der Waals surface area contributed by atoms with Crippen molar-refractivity contribution in [2.75, 3.05) is 6.61 Å². The second kappa shape index (κ2) is 9.25. The molecule has 1 saturated carbocycles. The predicted octanol–water partition coefficient (Wildman–Crippen LogP) is 4.06. The molecule has 0 bridgehead atoms. The Labute approximate surface area is 193 Å². The first-order valence-corrected chi connectivity index (χ1v) is 11.5. The second-order valence-corrected chi connectivity index (χ2v) is 9.22. The van der Waals surface area contributed by atoms with Crippen LogP contribution in [-0.2, 0) is 14.3 Å². The first-order chi connectivity index (χ1) is 15.8. The number of carbonyl (C=O) groups is 3. The third kappa shape index (κ3) is 4.45. The Morgan fingerprint density at radius 3 is 2.27 bits per heavy atom. The summed E-state index contributed by atoms with van der Waals surface area (Å²) in [5, 5.41) is 15.0. The molecule has 2 amide bonds. The van der Waals surface area contributed by atoms with Gasteiger partial charge in [-0.05, 0) is 48.9 Å². The van der Waals surface area contributed by atoms with E-state index in [1.165, 1.54) is 0 Å². The number of ether oxygens (including phenoxy) is 1. The van der Waals surface area contributed by atoms with Crippen molar-refractivity contribution in [1.29, 1.82) is 0 Å². The van der Waals surface area contributed by atoms with Crippen LogP contribution < -0.4 is 10.6 Å². The molecule has 2 aliphatic rings. The molecule has 33 heavy (non-hydrogen) atoms. The largest absolute Gasteiger partial charge is 0.481 e. The molecule has 0 aliphatic heterocycles. The third-order valence-corrected chi connectivity index (χ3v) is 7.08. The number of fused-ring (bicyclic) bond motifs is 3. The smallest absolute Gasteiger partial charge is 0.407 e. The molecular weight excluding hydrogens is 420 g/mol. The van der Waals surface area contributed by atoms with Gasteiger partial charge in [0.05, 0.1) is 5.41 Å². The predicted molar refractivity (Wildman–Crippen MR) is 124 cm³/mol. The molecule has 2 aromatic carbocycles. The van der Waals surface area contributed by atoms with Crippen molar-refractivity contribution in [3.05, 3.63) is 59.7 Å². The number of hydrogen-bond donors (Lipinski definition) is 3. The molecule has 0 heterocycles. The van der Waals surface area contributed by atoms with E-state index in [4.69, 9.17) is 4.74 Å². The summed E-state index contributed by atoms with van der Waals surface area (Å²) in [7, 11) is 0. The highest BCUT2D eigenvalue weighted by Crippen LogP contribution is 2.44. The van der Waals surface area contributed by atoms with Crippen molar-refractivity contribution in [2.45, 2.75) is 57.5 Å². The van der Waals surface area contributed by atoms with E-state index in [0.29, 0.717) is 12.8 Å². The van der Waals surface area contributed by atoms with Crippen molar-refractivity contribution in [3.63, 3.8) is 0 Å². The van der Waals surface area contributed by atoms with Crippen molar-refractivity contribution in [3.8, 4) is 11.1 Å². The maximum Gasteiger partial charge on any atom is 0.407 e. The Balaban J connectivity index is 1.35. The monoisotopic (exact) mass is 450 g/mol. The molecule has 4 rings (SSSR count). The van der Waals surface area contributed by atoms with Crippen molar-refractivity contribution >= 4 is 18.0 Å². The minimum atomic E-state index is -1.00. The van der Waals surface area contributed by atoms with Gasteiger partial charge in [0.15, 0.2) is 0 Å². The highest BCUT2D eigenvalue weighted by atomic mass is 16.5. The Kier molecular flexibility index (Phi) is 6.40. The maximum atomic E-state index is 12.7. The number of benzene rings is 2. The second-order valence-electron chi connectivity index (χ2n) is 9.22. The first kappa shape index (κ1) is 22.8. The number of alkyl carbamates (subject to hydrolysis) is 1. The molecule has 3 N–H and O–H groups in total. The van der Waals surface area contributed by atoms with E-state index in [9.17, 15) is 19.5 Å². The summed E-state index contributed by atoms with van der Waals surface area (Å²) in [4.78, 5) is 36.9. The van der Waals surface area contributed by atoms with Crippen LogP contribution in [0.25, 0.3) is 11.1 Å². The van der Waals surface area contributed by atoms with Gasteiger partial charge in [-0.2, -0.15) is 0 Å². The van der Waals surface area contributed by atoms with Crippen LogP contribution in [0, 0.1) is 5.41 Å². The van der Waals surface area contributed by atoms with Gasteiger partial charge in [0.1, 0.15) is 12.6 Å². The standard InChI is InChI=1S/C26H30N2O5/c1-16(23(29)28-22-13-7-8-14-26(22,2)24(30)31)27-25(32)33-15-21-19-11-5-3-9-17(19)18-10-4-6-12-20(18)21/h3-6,9-12,16,21-22H,7-8,13-15H2,1-2H3,(H,27,32)(H,28,29)(H,30,31). The van der Waals surface area contributed by atoms with E-state index in [2.05, 4.69) is 22.8 Å². The van der Waals surface area contributed by atoms with E-state index in [1.54, 1.807) is 13.8 Å². The number of carboxylic acid groups (broad SMARTS) is 1. The lowest BCUT2D eigenvalue weighted by Gasteiger charge is -2.38. The van der Waals surface area contributed by atoms with Gasteiger partial charge in [-0.1, -0.05) is 61.4 Å². The highest BCUT2D eigenvalue weighted by molar-refractivity contribution is 5.86. The Morgan fingerprint density at radius 1 is 1.06 bits per heavy atom. The Morgan fingerprint density at radius 2 is 1.67 bits per heavy atom. The van der Waals surface area contributed by atoms with Gasteiger partial charge in [-0.3, -0.25) is 9.59 Å². The molecule has 2 aliphatic carbocycles. The van der Waals surface area contributed by atoms with Gasteiger partial charge in [-0.25, -0.2) is 4.79 Å². The van der Waals surface area contributed by atoms with E-state index in [-0.39, 0.29) is 12.5 Å². The molecule has 3 unspecified atom stereocenters. The molecule has 0 aromatic heterocycles. The lowest BCUT2D eigenvalue weighted by molar-refractivity contribution is -0.152. The number of aliphatic carboxylic acids is 1. The summed E-state index contributed by atoms with van der Waals surface area (Å²) < 4.78 is 5.51. The van der Waals surface area contributed by atoms with Crippen LogP contribution in [0.3, 0.4) is 0 Å². The van der Waals surface area contributed by atoms with Crippen molar-refractivity contribution in [2.24, 2.45) is 5.41 Å². The third-order valence-electron chi connectivity index (χ3n) is 7.08. The summed E-state index contributed by atoms with van der Waals surface area (Å²) in [6, 6.07) is 14.8. The highest BCUT2D eigenvalue weighted by Gasteiger charge is 2.44. The topological polar surface area (TPSA) is 105 Å². The fourth-order valence-corrected chi connectivity index (χ4v) is 5.00. The lowest BCUT2D eigenvalue weighted by atomic mass is 9.71. The number of carboxylic acids is 1. The number of nitrogens with one attached hydrogen (secondary N) is 2. The van der Waals surface area contributed by atoms with Crippen LogP contribution in [0.15, 0.2) is 48.5 Å². The number of hydrogen-bond acceptors (Lipinski definition) is 4. The van der Waals surface area contributed by atoms with Crippen LogP contribution >= 0.6 is 0 Å². The fourth-order valence-electron chi connectivity index (χ4n) is 5.00. The minimum Gasteiger partial charge on any atom is -0.481 e. The maximum absolute atomic E-state index is 12.7. The molecule has 7 nitrogen and oxygen atoms in total. The average molecular weight is 451 g/mol. The zero-order chi connectivity index (χ0) is 23.6. The fraction of sp³-hybridized carbons (Fsp3) is 0.423. The number of carbonyl (C=O) groups excluding carboxylic acids is 2. The summed E-state index contributed by atoms with van der Waals surface area (Å²) in [5.74, 6) is -1.39. The molecule has 0 spiro atoms. The summed E-state index contributed by atoms with van der Waals surface area (Å²) >= 11 is 0. The molecule has 174 valence electrons. The van der Waals surface area contributed by atoms with Gasteiger partial charge in [0.2, 0.25) is 5.91 Å². The number of amides is 2. The quantitative estimate of drug-likeness (QED) is 0.616. The van der Waals surface area contributed by atoms with Gasteiger partial charge in [-0.15, -0.1) is 0 Å². The van der Waals surface area contributed by atoms with Gasteiger partial charge < -0.3 is 20.5 Å². The van der Waals surface area contributed by atoms with Crippen LogP contribution in [0.5, 0.6) is 0 Å². The Hall–Kier alpha value is -3.35. The van der Waals surface area contributed by atoms with Gasteiger partial charge >= 0.3 is 12.1 Å². The van der Waals surface area contributed by atoms with Crippen LogP contribution in [0.1, 0.15) is 56.6 Å². The van der Waals surface area contributed by atoms with E-state index in [0.717, 1.165) is 35.1 Å². The zero-order valence-electron chi connectivity index (χ0n) is 19.0. The van der Waals surface area contributed by atoms with Crippen molar-refractivity contribution in [1.82, 2.24) is 10.6 Å². The molecule has 0 saturated heterocycles.